The zero-order valence-electron chi connectivity index (χ0n) is 15.2. The summed E-state index contributed by atoms with van der Waals surface area (Å²) in [5.41, 5.74) is 0.738. The number of likely N-dealkylation sites (tertiary alicyclic amines) is 1. The van der Waals surface area contributed by atoms with Crippen molar-refractivity contribution in [1.82, 2.24) is 15.1 Å². The number of carbonyl (C=O) groups excluding carboxylic acids is 3. The van der Waals surface area contributed by atoms with Gasteiger partial charge in [0.1, 0.15) is 5.66 Å². The van der Waals surface area contributed by atoms with Crippen molar-refractivity contribution in [2.45, 2.75) is 24.9 Å². The van der Waals surface area contributed by atoms with E-state index in [1.54, 1.807) is 15.9 Å². The Hall–Kier alpha value is -2.61. The summed E-state index contributed by atoms with van der Waals surface area (Å²) in [5, 5.41) is 6.46. The van der Waals surface area contributed by atoms with Crippen LogP contribution in [0, 0.1) is 0 Å². The van der Waals surface area contributed by atoms with Crippen LogP contribution in [-0.2, 0) is 14.3 Å². The average Bonchev–Trinajstić information content (AvgIpc) is 2.83. The lowest BCUT2D eigenvalue weighted by molar-refractivity contribution is -0.142. The zero-order chi connectivity index (χ0) is 18.9. The second kappa shape index (κ2) is 7.19. The van der Waals surface area contributed by atoms with Crippen molar-refractivity contribution in [3.8, 4) is 0 Å². The maximum atomic E-state index is 12.6. The summed E-state index contributed by atoms with van der Waals surface area (Å²) in [6, 6.07) is 7.36. The number of amides is 3. The van der Waals surface area contributed by atoms with E-state index in [4.69, 9.17) is 4.74 Å². The van der Waals surface area contributed by atoms with Gasteiger partial charge in [0.2, 0.25) is 11.8 Å². The topological polar surface area (TPSA) is 91.0 Å². The minimum atomic E-state index is -0.655. The summed E-state index contributed by atoms with van der Waals surface area (Å²) < 4.78 is 5.27. The third kappa shape index (κ3) is 3.62. The van der Waals surface area contributed by atoms with Crippen LogP contribution >= 0.6 is 0 Å². The maximum Gasteiger partial charge on any atom is 0.255 e. The monoisotopic (exact) mass is 372 g/mol. The fourth-order valence-electron chi connectivity index (χ4n) is 3.91. The van der Waals surface area contributed by atoms with Crippen molar-refractivity contribution in [3.63, 3.8) is 0 Å². The van der Waals surface area contributed by atoms with Gasteiger partial charge in [-0.2, -0.15) is 0 Å². The van der Waals surface area contributed by atoms with Gasteiger partial charge < -0.3 is 25.2 Å². The molecule has 1 aromatic rings. The molecule has 0 unspecified atom stereocenters. The number of para-hydroxylation sites is 1. The minimum absolute atomic E-state index is 0.0476. The molecule has 1 aromatic carbocycles. The molecule has 8 nitrogen and oxygen atoms in total. The lowest BCUT2D eigenvalue weighted by Gasteiger charge is -2.40. The Morgan fingerprint density at radius 3 is 2.67 bits per heavy atom. The Morgan fingerprint density at radius 1 is 1.07 bits per heavy atom. The molecule has 2 fully saturated rings. The Bertz CT molecular complexity index is 762. The Balaban J connectivity index is 1.44. The first-order valence-electron chi connectivity index (χ1n) is 9.39. The smallest absolute Gasteiger partial charge is 0.255 e. The highest BCUT2D eigenvalue weighted by Gasteiger charge is 2.40. The van der Waals surface area contributed by atoms with Crippen molar-refractivity contribution < 1.29 is 19.1 Å². The van der Waals surface area contributed by atoms with Crippen molar-refractivity contribution in [2.24, 2.45) is 0 Å². The quantitative estimate of drug-likeness (QED) is 0.785. The lowest BCUT2D eigenvalue weighted by atomic mass is 9.95. The van der Waals surface area contributed by atoms with Gasteiger partial charge in [-0.3, -0.25) is 14.4 Å². The fraction of sp³-hybridized carbons (Fsp3) is 0.526. The van der Waals surface area contributed by atoms with Crippen LogP contribution < -0.4 is 10.6 Å². The number of anilines is 1. The SMILES string of the molecule is O=C1N[C@]2(CCC(=O)N(CC(=O)N3CCOCC3)CC2)Nc2ccccc21. The van der Waals surface area contributed by atoms with Gasteiger partial charge in [0.05, 0.1) is 25.3 Å². The van der Waals surface area contributed by atoms with E-state index in [1.165, 1.54) is 0 Å². The first-order valence-corrected chi connectivity index (χ1v) is 9.39. The molecular weight excluding hydrogens is 348 g/mol. The van der Waals surface area contributed by atoms with Crippen LogP contribution in [0.3, 0.4) is 0 Å². The number of hydrogen-bond acceptors (Lipinski definition) is 5. The van der Waals surface area contributed by atoms with Crippen molar-refractivity contribution in [3.05, 3.63) is 29.8 Å². The molecule has 2 N–H and O–H groups in total. The number of nitrogens with one attached hydrogen (secondary N) is 2. The number of fused-ring (bicyclic) bond motifs is 1. The molecule has 4 rings (SSSR count). The standard InChI is InChI=1S/C19H24N4O4/c24-16-5-6-19(20-15-4-2-1-3-14(15)18(26)21-19)7-8-23(16)13-17(25)22-9-11-27-12-10-22/h1-4,20H,5-13H2,(H,21,26)/t19-/m0/s1. The lowest BCUT2D eigenvalue weighted by Crippen LogP contribution is -2.58. The second-order valence-electron chi connectivity index (χ2n) is 7.27. The minimum Gasteiger partial charge on any atom is -0.378 e. The predicted octanol–water partition coefficient (Wildman–Crippen LogP) is 0.410. The van der Waals surface area contributed by atoms with Crippen LogP contribution in [0.25, 0.3) is 0 Å². The molecule has 0 saturated carbocycles. The molecular formula is C19H24N4O4. The Morgan fingerprint density at radius 2 is 1.85 bits per heavy atom. The predicted molar refractivity (Wildman–Crippen MR) is 98.1 cm³/mol. The highest BCUT2D eigenvalue weighted by atomic mass is 16.5. The highest BCUT2D eigenvalue weighted by Crippen LogP contribution is 2.31. The number of nitrogens with zero attached hydrogens (tertiary/aromatic N) is 2. The zero-order valence-corrected chi connectivity index (χ0v) is 15.2. The number of morpholine rings is 1. The van der Waals surface area contributed by atoms with Crippen LogP contribution in [0.15, 0.2) is 24.3 Å². The molecule has 0 bridgehead atoms. The summed E-state index contributed by atoms with van der Waals surface area (Å²) in [6.45, 7) is 2.72. The second-order valence-corrected chi connectivity index (χ2v) is 7.27. The summed E-state index contributed by atoms with van der Waals surface area (Å²) in [6.07, 6.45) is 1.33. The summed E-state index contributed by atoms with van der Waals surface area (Å²) in [7, 11) is 0. The number of benzene rings is 1. The van der Waals surface area contributed by atoms with Gasteiger partial charge in [0.15, 0.2) is 0 Å². The molecule has 3 aliphatic rings. The number of hydrogen-bond donors (Lipinski definition) is 2. The summed E-state index contributed by atoms with van der Waals surface area (Å²) >= 11 is 0. The van der Waals surface area contributed by atoms with Crippen molar-refractivity contribution >= 4 is 23.4 Å². The maximum absolute atomic E-state index is 12.6. The van der Waals surface area contributed by atoms with Gasteiger partial charge in [0, 0.05) is 38.2 Å². The summed E-state index contributed by atoms with van der Waals surface area (Å²) in [4.78, 5) is 40.9. The molecule has 8 heteroatoms. The molecule has 0 radical (unpaired) electrons. The molecule has 0 aliphatic carbocycles. The van der Waals surface area contributed by atoms with Gasteiger partial charge in [-0.25, -0.2) is 0 Å². The first kappa shape index (κ1) is 17.8. The normalized spacial score (nSPS) is 25.5. The van der Waals surface area contributed by atoms with E-state index in [-0.39, 0.29) is 30.7 Å². The van der Waals surface area contributed by atoms with Crippen LogP contribution in [0.4, 0.5) is 5.69 Å². The number of ether oxygens (including phenoxy) is 1. The van der Waals surface area contributed by atoms with E-state index in [1.807, 2.05) is 18.2 Å². The molecule has 0 aromatic heterocycles. The van der Waals surface area contributed by atoms with Crippen LogP contribution in [0.2, 0.25) is 0 Å². The van der Waals surface area contributed by atoms with Gasteiger partial charge >= 0.3 is 0 Å². The molecule has 3 aliphatic heterocycles. The van der Waals surface area contributed by atoms with Crippen LogP contribution in [0.1, 0.15) is 29.6 Å². The van der Waals surface area contributed by atoms with Gasteiger partial charge in [0.25, 0.3) is 5.91 Å². The molecule has 144 valence electrons. The van der Waals surface area contributed by atoms with Crippen molar-refractivity contribution in [1.29, 1.82) is 0 Å². The van der Waals surface area contributed by atoms with E-state index in [2.05, 4.69) is 10.6 Å². The van der Waals surface area contributed by atoms with E-state index >= 15 is 0 Å². The van der Waals surface area contributed by atoms with Crippen LogP contribution in [0.5, 0.6) is 0 Å². The molecule has 3 heterocycles. The highest BCUT2D eigenvalue weighted by molar-refractivity contribution is 6.02. The number of rotatable bonds is 2. The average molecular weight is 372 g/mol. The van der Waals surface area contributed by atoms with Gasteiger partial charge in [-0.1, -0.05) is 12.1 Å². The Labute approximate surface area is 157 Å². The third-order valence-corrected chi connectivity index (χ3v) is 5.52. The molecule has 1 spiro atoms. The van der Waals surface area contributed by atoms with Crippen LogP contribution in [-0.4, -0.2) is 72.6 Å². The van der Waals surface area contributed by atoms with Gasteiger partial charge in [-0.05, 0) is 18.6 Å². The fourth-order valence-corrected chi connectivity index (χ4v) is 3.91. The Kier molecular flexibility index (Phi) is 4.73. The van der Waals surface area contributed by atoms with E-state index in [0.717, 1.165) is 5.69 Å². The first-order chi connectivity index (χ1) is 13.1. The molecule has 1 atom stereocenters. The van der Waals surface area contributed by atoms with E-state index in [0.29, 0.717) is 51.3 Å². The number of carbonyl (C=O) groups is 3. The summed E-state index contributed by atoms with van der Waals surface area (Å²) in [5.74, 6) is -0.230. The molecule has 27 heavy (non-hydrogen) atoms. The van der Waals surface area contributed by atoms with E-state index < -0.39 is 5.66 Å². The molecule has 2 saturated heterocycles. The van der Waals surface area contributed by atoms with Crippen molar-refractivity contribution in [2.75, 3.05) is 44.7 Å². The van der Waals surface area contributed by atoms with Gasteiger partial charge in [-0.15, -0.1) is 0 Å². The third-order valence-electron chi connectivity index (χ3n) is 5.52. The van der Waals surface area contributed by atoms with E-state index in [9.17, 15) is 14.4 Å². The largest absolute Gasteiger partial charge is 0.378 e. The molecule has 3 amide bonds.